The molecule has 10 nitrogen and oxygen atoms in total. The highest BCUT2D eigenvalue weighted by atomic mass is 16.5. The number of nitrogens with one attached hydrogen (secondary N) is 4. The largest absolute Gasteiger partial charge is 0.465 e. The van der Waals surface area contributed by atoms with E-state index in [1.807, 2.05) is 68.6 Å². The highest BCUT2D eigenvalue weighted by molar-refractivity contribution is 6.16. The Balaban J connectivity index is 1.37. The normalized spacial score (nSPS) is 12.8. The molecule has 0 saturated carbocycles. The summed E-state index contributed by atoms with van der Waals surface area (Å²) in [5.41, 5.74) is 8.24. The number of fused-ring (bicyclic) bond motifs is 2. The lowest BCUT2D eigenvalue weighted by Crippen LogP contribution is -2.23. The summed E-state index contributed by atoms with van der Waals surface area (Å²) in [6.07, 6.45) is 5.27. The van der Waals surface area contributed by atoms with Crippen molar-refractivity contribution >= 4 is 40.3 Å². The number of benzene rings is 3. The average Bonchev–Trinajstić information content (AvgIpc) is 3.62. The molecular weight excluding hydrogens is 554 g/mol. The molecule has 1 amide bonds. The maximum absolute atomic E-state index is 13.8. The third-order valence-corrected chi connectivity index (χ3v) is 7.80. The van der Waals surface area contributed by atoms with E-state index < -0.39 is 5.97 Å². The second-order valence-corrected chi connectivity index (χ2v) is 10.5. The van der Waals surface area contributed by atoms with Crippen molar-refractivity contribution < 1.29 is 14.3 Å². The molecule has 4 N–H and O–H groups in total. The number of ether oxygens (including phenoxy) is 1. The molecule has 0 atom stereocenters. The fraction of sp³-hybridized carbons (Fsp3) is 0.147. The first-order valence-corrected chi connectivity index (χ1v) is 14.1. The Hall–Kier alpha value is -5.77. The Bertz CT molecular complexity index is 1990. The van der Waals surface area contributed by atoms with Crippen LogP contribution in [0.1, 0.15) is 38.8 Å². The molecule has 6 rings (SSSR count). The minimum atomic E-state index is -0.428. The van der Waals surface area contributed by atoms with Crippen LogP contribution >= 0.6 is 0 Å². The lowest BCUT2D eigenvalue weighted by Gasteiger charge is -2.17. The lowest BCUT2D eigenvalue weighted by molar-refractivity contribution is 0.0601. The molecule has 0 aliphatic carbocycles. The molecule has 3 heterocycles. The van der Waals surface area contributed by atoms with Crippen molar-refractivity contribution in [2.45, 2.75) is 20.4 Å². The van der Waals surface area contributed by atoms with Crippen LogP contribution in [-0.4, -0.2) is 46.8 Å². The van der Waals surface area contributed by atoms with Crippen molar-refractivity contribution in [3.05, 3.63) is 107 Å². The van der Waals surface area contributed by atoms with Crippen LogP contribution in [0.3, 0.4) is 0 Å². The number of carbonyl (C=O) groups excluding carboxylic acids is 2. The Labute approximate surface area is 254 Å². The topological polar surface area (TPSA) is 136 Å². The van der Waals surface area contributed by atoms with Crippen molar-refractivity contribution in [3.8, 4) is 22.4 Å². The van der Waals surface area contributed by atoms with Gasteiger partial charge >= 0.3 is 5.97 Å². The van der Waals surface area contributed by atoms with Crippen LogP contribution in [0.25, 0.3) is 33.3 Å². The Kier molecular flexibility index (Phi) is 7.40. The molecule has 5 aromatic rings. The number of nitrogens with zero attached hydrogens (tertiary/aromatic N) is 3. The van der Waals surface area contributed by atoms with Crippen molar-refractivity contribution in [2.75, 3.05) is 24.4 Å². The molecule has 1 aliphatic heterocycles. The number of methoxy groups -OCH3 is 1. The number of hydrogen-bond donors (Lipinski definition) is 4. The highest BCUT2D eigenvalue weighted by Crippen LogP contribution is 2.40. The maximum atomic E-state index is 13.8. The molecule has 2 aromatic heterocycles. The van der Waals surface area contributed by atoms with E-state index in [-0.39, 0.29) is 11.7 Å². The number of amidine groups is 1. The van der Waals surface area contributed by atoms with Gasteiger partial charge < -0.3 is 25.3 Å². The van der Waals surface area contributed by atoms with E-state index in [9.17, 15) is 9.59 Å². The number of aryl methyl sites for hydroxylation is 1. The lowest BCUT2D eigenvalue weighted by atomic mass is 9.93. The van der Waals surface area contributed by atoms with E-state index >= 15 is 0 Å². The molecule has 0 bridgehead atoms. The maximum Gasteiger partial charge on any atom is 0.338 e. The second-order valence-electron chi connectivity index (χ2n) is 10.5. The van der Waals surface area contributed by atoms with Crippen LogP contribution in [-0.2, 0) is 11.3 Å². The van der Waals surface area contributed by atoms with E-state index in [1.54, 1.807) is 36.4 Å². The highest BCUT2D eigenvalue weighted by Gasteiger charge is 2.33. The van der Waals surface area contributed by atoms with Gasteiger partial charge in [0.25, 0.3) is 5.91 Å². The van der Waals surface area contributed by atoms with Gasteiger partial charge in [-0.1, -0.05) is 42.5 Å². The first kappa shape index (κ1) is 28.4. The number of aromatic amines is 1. The monoisotopic (exact) mass is 585 g/mol. The standard InChI is InChI=1S/C34H31N7O3/c1-19-16-38-34(39-29(35)15-20(2)36-3)40-30(19)26-17-37-31-23(26)12-8-14-28(31)41-18-27-22(11-7-13-24(27)32(41)42)21-9-5-6-10-25(21)33(43)44-4/h5-17,36-37H,18H2,1-4H3,(H2,35,38,39,40)/b20-15-. The van der Waals surface area contributed by atoms with E-state index in [4.69, 9.17) is 15.1 Å². The first-order chi connectivity index (χ1) is 21.3. The van der Waals surface area contributed by atoms with Crippen LogP contribution in [0.5, 0.6) is 0 Å². The summed E-state index contributed by atoms with van der Waals surface area (Å²) >= 11 is 0. The molecule has 1 aliphatic rings. The van der Waals surface area contributed by atoms with Crippen molar-refractivity contribution in [1.82, 2.24) is 20.3 Å². The van der Waals surface area contributed by atoms with Gasteiger partial charge in [0, 0.05) is 41.7 Å². The molecule has 3 aromatic carbocycles. The number of amides is 1. The van der Waals surface area contributed by atoms with Gasteiger partial charge in [0.15, 0.2) is 0 Å². The molecule has 10 heteroatoms. The number of rotatable bonds is 7. The quantitative estimate of drug-likeness (QED) is 0.104. The van der Waals surface area contributed by atoms with Crippen LogP contribution in [0, 0.1) is 12.3 Å². The Morgan fingerprint density at radius 1 is 1.05 bits per heavy atom. The molecular formula is C34H31N7O3. The zero-order chi connectivity index (χ0) is 31.0. The summed E-state index contributed by atoms with van der Waals surface area (Å²) in [5.74, 6) is -0.0724. The number of para-hydroxylation sites is 1. The molecule has 220 valence electrons. The number of anilines is 2. The third-order valence-electron chi connectivity index (χ3n) is 7.80. The number of aromatic nitrogens is 3. The number of allylic oxidation sites excluding steroid dienone is 1. The van der Waals surface area contributed by atoms with E-state index in [2.05, 4.69) is 20.6 Å². The summed E-state index contributed by atoms with van der Waals surface area (Å²) in [7, 11) is 3.16. The second kappa shape index (κ2) is 11.5. The molecule has 0 fully saturated rings. The minimum absolute atomic E-state index is 0.116. The SMILES string of the molecule is CN/C(C)=C\C(=N)Nc1ncc(C)c(-c2c[nH]c3c(N4Cc5c(cccc5-c5ccccc5C(=O)OC)C4=O)cccc23)n1. The van der Waals surface area contributed by atoms with Gasteiger partial charge in [-0.25, -0.2) is 14.8 Å². The zero-order valence-electron chi connectivity index (χ0n) is 24.8. The van der Waals surface area contributed by atoms with Crippen molar-refractivity contribution in [1.29, 1.82) is 5.41 Å². The summed E-state index contributed by atoms with van der Waals surface area (Å²) in [4.78, 5) is 40.6. The van der Waals surface area contributed by atoms with Crippen molar-refractivity contribution in [2.24, 2.45) is 0 Å². The summed E-state index contributed by atoms with van der Waals surface area (Å²) < 4.78 is 5.02. The fourth-order valence-corrected chi connectivity index (χ4v) is 5.57. The van der Waals surface area contributed by atoms with Gasteiger partial charge in [-0.2, -0.15) is 0 Å². The molecule has 0 unspecified atom stereocenters. The summed E-state index contributed by atoms with van der Waals surface area (Å²) in [6, 6.07) is 18.7. The molecule has 44 heavy (non-hydrogen) atoms. The predicted octanol–water partition coefficient (Wildman–Crippen LogP) is 6.06. The van der Waals surface area contributed by atoms with Gasteiger partial charge in [-0.05, 0) is 60.4 Å². The van der Waals surface area contributed by atoms with Gasteiger partial charge in [0.05, 0.1) is 36.1 Å². The number of esters is 1. The number of carbonyl (C=O) groups is 2. The van der Waals surface area contributed by atoms with Gasteiger partial charge in [0.2, 0.25) is 5.95 Å². The summed E-state index contributed by atoms with van der Waals surface area (Å²) in [5, 5.41) is 15.1. The number of hydrogen-bond acceptors (Lipinski definition) is 7. The van der Waals surface area contributed by atoms with Crippen molar-refractivity contribution in [3.63, 3.8) is 0 Å². The van der Waals surface area contributed by atoms with E-state index in [0.29, 0.717) is 29.3 Å². The van der Waals surface area contributed by atoms with Gasteiger partial charge in [-0.15, -0.1) is 0 Å². The minimum Gasteiger partial charge on any atom is -0.465 e. The van der Waals surface area contributed by atoms with Crippen LogP contribution < -0.4 is 15.5 Å². The molecule has 0 spiro atoms. The zero-order valence-corrected chi connectivity index (χ0v) is 24.8. The van der Waals surface area contributed by atoms with Crippen LogP contribution in [0.4, 0.5) is 11.6 Å². The average molecular weight is 586 g/mol. The fourth-order valence-electron chi connectivity index (χ4n) is 5.57. The van der Waals surface area contributed by atoms with Gasteiger partial charge in [-0.3, -0.25) is 10.2 Å². The predicted molar refractivity (Wildman–Crippen MR) is 172 cm³/mol. The first-order valence-electron chi connectivity index (χ1n) is 14.1. The molecule has 0 saturated heterocycles. The van der Waals surface area contributed by atoms with Crippen LogP contribution in [0.15, 0.2) is 84.8 Å². The van der Waals surface area contributed by atoms with Gasteiger partial charge in [0.1, 0.15) is 5.84 Å². The summed E-state index contributed by atoms with van der Waals surface area (Å²) in [6.45, 7) is 4.15. The number of H-pyrrole nitrogens is 1. The van der Waals surface area contributed by atoms with E-state index in [1.165, 1.54) is 7.11 Å². The smallest absolute Gasteiger partial charge is 0.338 e. The van der Waals surface area contributed by atoms with Crippen LogP contribution in [0.2, 0.25) is 0 Å². The molecule has 0 radical (unpaired) electrons. The Morgan fingerprint density at radius 3 is 2.59 bits per heavy atom. The third kappa shape index (κ3) is 4.96. The Morgan fingerprint density at radius 2 is 1.80 bits per heavy atom. The van der Waals surface area contributed by atoms with E-state index in [0.717, 1.165) is 50.1 Å².